The van der Waals surface area contributed by atoms with Crippen LogP contribution in [0, 0.1) is 0 Å². The molecule has 0 saturated heterocycles. The maximum Gasteiger partial charge on any atom is 0.209 e. The van der Waals surface area contributed by atoms with Crippen LogP contribution in [-0.4, -0.2) is 39.6 Å². The van der Waals surface area contributed by atoms with E-state index in [4.69, 9.17) is 21.1 Å². The quantitative estimate of drug-likeness (QED) is 0.333. The summed E-state index contributed by atoms with van der Waals surface area (Å²) in [6.07, 6.45) is 0. The molecule has 0 spiro atoms. The van der Waals surface area contributed by atoms with Crippen molar-refractivity contribution < 1.29 is 9.47 Å². The zero-order chi connectivity index (χ0) is 20.6. The third-order valence-electron chi connectivity index (χ3n) is 4.05. The highest BCUT2D eigenvalue weighted by Crippen LogP contribution is 2.37. The van der Waals surface area contributed by atoms with Gasteiger partial charge in [-0.25, -0.2) is 4.68 Å². The molecule has 7 nitrogen and oxygen atoms in total. The van der Waals surface area contributed by atoms with E-state index < -0.39 is 0 Å². The van der Waals surface area contributed by atoms with Crippen molar-refractivity contribution in [3.05, 3.63) is 57.0 Å². The lowest BCUT2D eigenvalue weighted by atomic mass is 10.1. The average molecular weight is 499 g/mol. The van der Waals surface area contributed by atoms with Crippen molar-refractivity contribution >= 4 is 39.3 Å². The summed E-state index contributed by atoms with van der Waals surface area (Å²) in [6.45, 7) is 1.81. The summed E-state index contributed by atoms with van der Waals surface area (Å²) in [5.41, 5.74) is 1.99. The van der Waals surface area contributed by atoms with Crippen molar-refractivity contribution in [1.29, 1.82) is 0 Å². The normalized spacial score (nSPS) is 10.9. The molecule has 0 aliphatic heterocycles. The minimum absolute atomic E-state index is 0.398. The summed E-state index contributed by atoms with van der Waals surface area (Å²) >= 11 is 11.3. The number of aromatic nitrogens is 4. The first-order chi connectivity index (χ1) is 14.1. The Labute approximate surface area is 187 Å². The number of tetrazole rings is 1. The molecule has 0 fully saturated rings. The number of halogens is 2. The second-order valence-electron chi connectivity index (χ2n) is 6.09. The Kier molecular flexibility index (Phi) is 8.17. The summed E-state index contributed by atoms with van der Waals surface area (Å²) in [4.78, 5) is 0. The molecule has 0 unspecified atom stereocenters. The lowest BCUT2D eigenvalue weighted by Gasteiger charge is -2.17. The molecule has 0 atom stereocenters. The molecule has 0 radical (unpaired) electrons. The Bertz CT molecular complexity index is 956. The van der Waals surface area contributed by atoms with E-state index in [2.05, 4.69) is 36.8 Å². The number of thioether (sulfide) groups is 1. The fourth-order valence-electron chi connectivity index (χ4n) is 2.62. The van der Waals surface area contributed by atoms with Crippen LogP contribution in [0.2, 0.25) is 5.02 Å². The van der Waals surface area contributed by atoms with Crippen LogP contribution in [0.1, 0.15) is 11.1 Å². The Morgan fingerprint density at radius 1 is 1.28 bits per heavy atom. The number of hydrogen-bond donors (Lipinski definition) is 1. The fraction of sp³-hybridized carbons (Fsp3) is 0.316. The van der Waals surface area contributed by atoms with Crippen LogP contribution in [0.25, 0.3) is 0 Å². The summed E-state index contributed by atoms with van der Waals surface area (Å²) in [5.74, 6) is 2.24. The van der Waals surface area contributed by atoms with Crippen LogP contribution in [-0.2, 0) is 20.2 Å². The van der Waals surface area contributed by atoms with Gasteiger partial charge >= 0.3 is 0 Å². The molecule has 3 rings (SSSR count). The van der Waals surface area contributed by atoms with Gasteiger partial charge in [-0.15, -0.1) is 5.10 Å². The second kappa shape index (κ2) is 10.8. The lowest BCUT2D eigenvalue weighted by Crippen LogP contribution is -2.18. The van der Waals surface area contributed by atoms with Gasteiger partial charge in [0.2, 0.25) is 5.16 Å². The summed E-state index contributed by atoms with van der Waals surface area (Å²) in [6, 6.07) is 11.5. The summed E-state index contributed by atoms with van der Waals surface area (Å²) < 4.78 is 14.3. The van der Waals surface area contributed by atoms with Crippen LogP contribution in [0.15, 0.2) is 46.0 Å². The van der Waals surface area contributed by atoms with Crippen molar-refractivity contribution in [3.63, 3.8) is 0 Å². The highest BCUT2D eigenvalue weighted by molar-refractivity contribution is 9.10. The van der Waals surface area contributed by atoms with Gasteiger partial charge in [-0.1, -0.05) is 51.4 Å². The van der Waals surface area contributed by atoms with Crippen molar-refractivity contribution in [3.8, 4) is 11.5 Å². The predicted molar refractivity (Wildman–Crippen MR) is 118 cm³/mol. The molecular weight excluding hydrogens is 478 g/mol. The van der Waals surface area contributed by atoms with Gasteiger partial charge in [0.1, 0.15) is 6.61 Å². The molecule has 0 bridgehead atoms. The molecule has 1 heterocycles. The molecule has 1 aromatic heterocycles. The highest BCUT2D eigenvalue weighted by Gasteiger charge is 2.15. The molecule has 0 aliphatic rings. The molecule has 29 heavy (non-hydrogen) atoms. The Morgan fingerprint density at radius 3 is 2.86 bits per heavy atom. The van der Waals surface area contributed by atoms with Gasteiger partial charge in [-0.3, -0.25) is 0 Å². The number of ether oxygens (including phenoxy) is 2. The number of rotatable bonds is 10. The van der Waals surface area contributed by atoms with Crippen molar-refractivity contribution in [2.24, 2.45) is 7.05 Å². The van der Waals surface area contributed by atoms with Crippen molar-refractivity contribution in [2.45, 2.75) is 18.3 Å². The average Bonchev–Trinajstić information content (AvgIpc) is 3.12. The van der Waals surface area contributed by atoms with E-state index in [1.54, 1.807) is 23.6 Å². The monoisotopic (exact) mass is 497 g/mol. The van der Waals surface area contributed by atoms with Crippen LogP contribution in [0.4, 0.5) is 0 Å². The first-order valence-corrected chi connectivity index (χ1v) is 11.0. The first-order valence-electron chi connectivity index (χ1n) is 8.87. The van der Waals surface area contributed by atoms with Crippen molar-refractivity contribution in [2.75, 3.05) is 19.4 Å². The van der Waals surface area contributed by atoms with Crippen LogP contribution >= 0.6 is 39.3 Å². The van der Waals surface area contributed by atoms with E-state index in [1.165, 1.54) is 0 Å². The fourth-order valence-corrected chi connectivity index (χ4v) is 4.03. The second-order valence-corrected chi connectivity index (χ2v) is 8.44. The maximum atomic E-state index is 6.12. The highest BCUT2D eigenvalue weighted by atomic mass is 79.9. The van der Waals surface area contributed by atoms with Crippen molar-refractivity contribution in [1.82, 2.24) is 25.5 Å². The Balaban J connectivity index is 1.62. The molecular formula is C19H21BrClN5O2S. The first kappa shape index (κ1) is 21.9. The largest absolute Gasteiger partial charge is 0.493 e. The molecule has 154 valence electrons. The number of aryl methyl sites for hydroxylation is 1. The minimum Gasteiger partial charge on any atom is -0.493 e. The van der Waals surface area contributed by atoms with Gasteiger partial charge in [0.15, 0.2) is 11.5 Å². The molecule has 10 heteroatoms. The van der Waals surface area contributed by atoms with E-state index in [9.17, 15) is 0 Å². The van der Waals surface area contributed by atoms with Gasteiger partial charge in [-0.2, -0.15) is 0 Å². The van der Waals surface area contributed by atoms with Gasteiger partial charge in [0.25, 0.3) is 0 Å². The zero-order valence-electron chi connectivity index (χ0n) is 16.1. The standard InChI is InChI=1S/C19H21BrClN5O2S/c1-26-19(23-24-25-26)29-9-8-22-11-15-16(20)6-7-17(27-2)18(15)28-12-13-4-3-5-14(21)10-13/h3-7,10,22H,8-9,11-12H2,1-2H3. The lowest BCUT2D eigenvalue weighted by molar-refractivity contribution is 0.280. The number of nitrogens with zero attached hydrogens (tertiary/aromatic N) is 4. The van der Waals surface area contributed by atoms with E-state index in [0.29, 0.717) is 29.7 Å². The van der Waals surface area contributed by atoms with Gasteiger partial charge in [0, 0.05) is 40.9 Å². The molecule has 0 aliphatic carbocycles. The molecule has 0 saturated carbocycles. The third-order valence-corrected chi connectivity index (χ3v) is 6.04. The summed E-state index contributed by atoms with van der Waals surface area (Å²) in [5, 5.41) is 16.3. The Hall–Kier alpha value is -1.81. The maximum absolute atomic E-state index is 6.12. The predicted octanol–water partition coefficient (Wildman–Crippen LogP) is 4.10. The van der Waals surface area contributed by atoms with Gasteiger partial charge in [0.05, 0.1) is 7.11 Å². The van der Waals surface area contributed by atoms with Gasteiger partial charge < -0.3 is 14.8 Å². The smallest absolute Gasteiger partial charge is 0.209 e. The van der Waals surface area contributed by atoms with E-state index in [1.807, 2.05) is 43.4 Å². The number of benzene rings is 2. The van der Waals surface area contributed by atoms with E-state index >= 15 is 0 Å². The summed E-state index contributed by atoms with van der Waals surface area (Å²) in [7, 11) is 3.46. The third kappa shape index (κ3) is 6.08. The van der Waals surface area contributed by atoms with Gasteiger partial charge in [-0.05, 0) is 40.3 Å². The number of nitrogens with one attached hydrogen (secondary N) is 1. The number of hydrogen-bond acceptors (Lipinski definition) is 7. The SMILES string of the molecule is COc1ccc(Br)c(CNCCSc2nnnn2C)c1OCc1cccc(Cl)c1. The molecule has 0 amide bonds. The zero-order valence-corrected chi connectivity index (χ0v) is 19.2. The Morgan fingerprint density at radius 2 is 2.14 bits per heavy atom. The molecule has 1 N–H and O–H groups in total. The molecule has 2 aromatic carbocycles. The van der Waals surface area contributed by atoms with E-state index in [-0.39, 0.29) is 0 Å². The topological polar surface area (TPSA) is 74.1 Å². The van der Waals surface area contributed by atoms with E-state index in [0.717, 1.165) is 33.1 Å². The molecule has 3 aromatic rings. The van der Waals surface area contributed by atoms with Crippen LogP contribution < -0.4 is 14.8 Å². The minimum atomic E-state index is 0.398. The number of methoxy groups -OCH3 is 1. The van der Waals surface area contributed by atoms with Crippen LogP contribution in [0.5, 0.6) is 11.5 Å². The van der Waals surface area contributed by atoms with Crippen LogP contribution in [0.3, 0.4) is 0 Å².